The topological polar surface area (TPSA) is 6.48 Å². The minimum Gasteiger partial charge on any atom is -0.336 e. The van der Waals surface area contributed by atoms with E-state index < -0.39 is 0 Å². The summed E-state index contributed by atoms with van der Waals surface area (Å²) in [4.78, 5) is 5.01. The molecule has 0 aromatic heterocycles. The quantitative estimate of drug-likeness (QED) is 0.163. The Hall–Kier alpha value is -6.64. The molecule has 0 bridgehead atoms. The molecular formula is C53H42N2. The summed E-state index contributed by atoms with van der Waals surface area (Å²) in [6.07, 6.45) is 31.9. The minimum atomic E-state index is -0.151. The van der Waals surface area contributed by atoms with Gasteiger partial charge in [-0.2, -0.15) is 0 Å². The van der Waals surface area contributed by atoms with E-state index in [0.29, 0.717) is 5.92 Å². The van der Waals surface area contributed by atoms with E-state index in [1.54, 1.807) is 0 Å². The first-order chi connectivity index (χ1) is 27.2. The van der Waals surface area contributed by atoms with E-state index in [0.717, 1.165) is 17.1 Å². The van der Waals surface area contributed by atoms with Crippen LogP contribution in [0.5, 0.6) is 0 Å². The van der Waals surface area contributed by atoms with Gasteiger partial charge < -0.3 is 9.80 Å². The van der Waals surface area contributed by atoms with Crippen LogP contribution in [0.25, 0.3) is 32.7 Å². The highest BCUT2D eigenvalue weighted by Gasteiger charge is 2.42. The summed E-state index contributed by atoms with van der Waals surface area (Å²) in [5, 5.41) is 4.90. The normalized spacial score (nSPS) is 21.9. The highest BCUT2D eigenvalue weighted by molar-refractivity contribution is 6.04. The van der Waals surface area contributed by atoms with Gasteiger partial charge >= 0.3 is 0 Å². The Labute approximate surface area is 324 Å². The van der Waals surface area contributed by atoms with Gasteiger partial charge in [-0.3, -0.25) is 0 Å². The Bertz CT molecular complexity index is 2590. The Kier molecular flexibility index (Phi) is 8.18. The molecule has 10 rings (SSSR count). The molecule has 0 saturated heterocycles. The zero-order chi connectivity index (χ0) is 36.8. The van der Waals surface area contributed by atoms with Gasteiger partial charge in [-0.15, -0.1) is 0 Å². The molecule has 0 fully saturated rings. The summed E-state index contributed by atoms with van der Waals surface area (Å²) >= 11 is 0. The van der Waals surface area contributed by atoms with Gasteiger partial charge in [0.1, 0.15) is 0 Å². The third kappa shape index (κ3) is 5.73. The molecule has 0 heterocycles. The van der Waals surface area contributed by atoms with Crippen molar-refractivity contribution in [2.75, 3.05) is 9.80 Å². The lowest BCUT2D eigenvalue weighted by Crippen LogP contribution is -2.46. The number of nitrogens with zero attached hydrogens (tertiary/aromatic N) is 2. The van der Waals surface area contributed by atoms with Crippen molar-refractivity contribution < 1.29 is 0 Å². The van der Waals surface area contributed by atoms with Crippen LogP contribution in [0.4, 0.5) is 22.7 Å². The Morgan fingerprint density at radius 1 is 0.491 bits per heavy atom. The van der Waals surface area contributed by atoms with Crippen molar-refractivity contribution in [1.82, 2.24) is 0 Å². The van der Waals surface area contributed by atoms with Crippen molar-refractivity contribution in [3.05, 3.63) is 230 Å². The van der Waals surface area contributed by atoms with Crippen LogP contribution in [-0.2, 0) is 0 Å². The first-order valence-electron chi connectivity index (χ1n) is 19.4. The molecule has 0 spiro atoms. The van der Waals surface area contributed by atoms with Crippen molar-refractivity contribution in [3.8, 4) is 11.1 Å². The van der Waals surface area contributed by atoms with E-state index in [9.17, 15) is 0 Å². The molecule has 4 unspecified atom stereocenters. The van der Waals surface area contributed by atoms with E-state index in [-0.39, 0.29) is 17.4 Å². The monoisotopic (exact) mass is 706 g/mol. The van der Waals surface area contributed by atoms with Crippen molar-refractivity contribution in [2.45, 2.75) is 13.0 Å². The van der Waals surface area contributed by atoms with Crippen molar-refractivity contribution in [1.29, 1.82) is 0 Å². The van der Waals surface area contributed by atoms with Crippen LogP contribution in [-0.4, -0.2) is 6.04 Å². The van der Waals surface area contributed by atoms with Crippen LogP contribution >= 0.6 is 0 Å². The van der Waals surface area contributed by atoms with Crippen molar-refractivity contribution >= 4 is 44.3 Å². The van der Waals surface area contributed by atoms with Crippen LogP contribution < -0.4 is 9.80 Å². The lowest BCUT2D eigenvalue weighted by Gasteiger charge is -2.48. The van der Waals surface area contributed by atoms with Crippen LogP contribution in [0, 0.1) is 17.3 Å². The second-order valence-electron chi connectivity index (χ2n) is 15.1. The van der Waals surface area contributed by atoms with E-state index in [1.165, 1.54) is 49.6 Å². The van der Waals surface area contributed by atoms with E-state index in [4.69, 9.17) is 0 Å². The molecule has 0 N–H and O–H groups in total. The van der Waals surface area contributed by atoms with Crippen molar-refractivity contribution in [2.24, 2.45) is 17.3 Å². The summed E-state index contributed by atoms with van der Waals surface area (Å²) in [6, 6.07) is 49.0. The number of hydrogen-bond acceptors (Lipinski definition) is 2. The largest absolute Gasteiger partial charge is 0.336 e. The zero-order valence-electron chi connectivity index (χ0n) is 30.9. The van der Waals surface area contributed by atoms with Crippen LogP contribution in [0.1, 0.15) is 6.92 Å². The Morgan fingerprint density at radius 2 is 1.07 bits per heavy atom. The number of hydrogen-bond donors (Lipinski definition) is 0. The number of allylic oxidation sites excluding steroid dienone is 12. The Balaban J connectivity index is 1.03. The lowest BCUT2D eigenvalue weighted by atomic mass is 9.68. The number of anilines is 4. The van der Waals surface area contributed by atoms with Crippen molar-refractivity contribution in [3.63, 3.8) is 0 Å². The minimum absolute atomic E-state index is 0.148. The smallest absolute Gasteiger partial charge is 0.0625 e. The van der Waals surface area contributed by atoms with Gasteiger partial charge in [-0.05, 0) is 76.9 Å². The molecule has 6 aromatic rings. The van der Waals surface area contributed by atoms with Crippen LogP contribution in [0.15, 0.2) is 230 Å². The molecule has 4 aliphatic rings. The third-order valence-corrected chi connectivity index (χ3v) is 11.9. The standard InChI is InChI=1S/C53H42N2/c1-53-37-9-8-20-43(53)21-13-28-52(53)55(51-27-12-19-42-16-4-7-24-48(42)51)45-35-31-39(32-36-45)38-29-33-44(34-30-38)54(49-25-10-17-40-14-2-5-22-46(40)49)50-26-11-18-41-15-3-6-23-47(41)50/h2-37,43,48,51H,1H3. The summed E-state index contributed by atoms with van der Waals surface area (Å²) in [6.45, 7) is 2.38. The SMILES string of the molecule is CC12C=CC=CC1C=CC=C2N(c1ccc(-c2ccc(N(c3cccc4ccccc34)c3cccc4ccccc34)cc2)cc1)C1C=CC=C2C=CC=CC21. The molecule has 4 atom stereocenters. The molecule has 0 amide bonds. The van der Waals surface area contributed by atoms with Gasteiger partial charge in [0.05, 0.1) is 17.4 Å². The van der Waals surface area contributed by atoms with Crippen LogP contribution in [0.2, 0.25) is 0 Å². The van der Waals surface area contributed by atoms with Gasteiger partial charge in [0.25, 0.3) is 0 Å². The molecule has 4 aliphatic carbocycles. The number of rotatable bonds is 7. The first-order valence-corrected chi connectivity index (χ1v) is 19.4. The fraction of sp³-hybridized carbons (Fsp3) is 0.0943. The van der Waals surface area contributed by atoms with E-state index in [2.05, 4.69) is 235 Å². The highest BCUT2D eigenvalue weighted by atomic mass is 15.2. The molecule has 2 heteroatoms. The van der Waals surface area contributed by atoms with E-state index >= 15 is 0 Å². The molecule has 0 aliphatic heterocycles. The molecule has 6 aromatic carbocycles. The van der Waals surface area contributed by atoms with Crippen LogP contribution in [0.3, 0.4) is 0 Å². The molecule has 264 valence electrons. The second kappa shape index (κ2) is 13.6. The van der Waals surface area contributed by atoms with Gasteiger partial charge in [0.2, 0.25) is 0 Å². The highest BCUT2D eigenvalue weighted by Crippen LogP contribution is 2.49. The summed E-state index contributed by atoms with van der Waals surface area (Å²) in [7, 11) is 0. The Morgan fingerprint density at radius 3 is 1.76 bits per heavy atom. The fourth-order valence-electron chi connectivity index (χ4n) is 9.06. The lowest BCUT2D eigenvalue weighted by molar-refractivity contribution is 0.397. The average molecular weight is 707 g/mol. The molecule has 55 heavy (non-hydrogen) atoms. The summed E-state index contributed by atoms with van der Waals surface area (Å²) in [5.41, 5.74) is 9.54. The number of fused-ring (bicyclic) bond motifs is 4. The molecule has 0 saturated carbocycles. The summed E-state index contributed by atoms with van der Waals surface area (Å²) in [5.74, 6) is 0.579. The van der Waals surface area contributed by atoms with Gasteiger partial charge in [0.15, 0.2) is 0 Å². The first kappa shape index (κ1) is 33.0. The maximum absolute atomic E-state index is 2.59. The average Bonchev–Trinajstić information content (AvgIpc) is 3.25. The zero-order valence-corrected chi connectivity index (χ0v) is 30.9. The van der Waals surface area contributed by atoms with E-state index in [1.807, 2.05) is 0 Å². The fourth-order valence-corrected chi connectivity index (χ4v) is 9.06. The second-order valence-corrected chi connectivity index (χ2v) is 15.1. The predicted molar refractivity (Wildman–Crippen MR) is 234 cm³/mol. The molecule has 0 radical (unpaired) electrons. The van der Waals surface area contributed by atoms with Gasteiger partial charge in [-0.1, -0.05) is 176 Å². The maximum Gasteiger partial charge on any atom is 0.0625 e. The predicted octanol–water partition coefficient (Wildman–Crippen LogP) is 13.7. The third-order valence-electron chi connectivity index (χ3n) is 11.9. The van der Waals surface area contributed by atoms with Gasteiger partial charge in [0, 0.05) is 45.1 Å². The maximum atomic E-state index is 2.59. The number of benzene rings is 6. The molecule has 2 nitrogen and oxygen atoms in total. The molecular weight excluding hydrogens is 665 g/mol. The summed E-state index contributed by atoms with van der Waals surface area (Å²) < 4.78 is 0. The van der Waals surface area contributed by atoms with Gasteiger partial charge in [-0.25, -0.2) is 0 Å².